The van der Waals surface area contributed by atoms with Crippen molar-refractivity contribution in [2.24, 2.45) is 0 Å². The average Bonchev–Trinajstić information content (AvgIpc) is 2.76. The topological polar surface area (TPSA) is 64.5 Å². The highest BCUT2D eigenvalue weighted by molar-refractivity contribution is 5.68. The van der Waals surface area contributed by atoms with Crippen LogP contribution in [0.5, 0.6) is 5.88 Å². The summed E-state index contributed by atoms with van der Waals surface area (Å²) in [7, 11) is 0. The maximum atomic E-state index is 12.3. The summed E-state index contributed by atoms with van der Waals surface area (Å²) < 4.78 is 11.7. The van der Waals surface area contributed by atoms with E-state index in [1.807, 2.05) is 26.8 Å². The predicted octanol–water partition coefficient (Wildman–Crippen LogP) is 6.27. The third kappa shape index (κ3) is 5.37. The van der Waals surface area contributed by atoms with E-state index in [-0.39, 0.29) is 23.0 Å². The molecule has 4 rings (SSSR count). The molecule has 0 saturated carbocycles. The van der Waals surface area contributed by atoms with Crippen molar-refractivity contribution in [2.75, 3.05) is 13.1 Å². The molecule has 1 aliphatic heterocycles. The summed E-state index contributed by atoms with van der Waals surface area (Å²) in [5, 5.41) is 0. The van der Waals surface area contributed by atoms with E-state index in [2.05, 4.69) is 55.9 Å². The molecule has 6 nitrogen and oxygen atoms in total. The van der Waals surface area contributed by atoms with E-state index in [1.165, 1.54) is 24.0 Å². The van der Waals surface area contributed by atoms with Crippen molar-refractivity contribution in [2.45, 2.75) is 96.7 Å². The molecule has 0 atom stereocenters. The largest absolute Gasteiger partial charge is 0.474 e. The Kier molecular flexibility index (Phi) is 6.38. The number of aromatic nitrogens is 2. The first-order chi connectivity index (χ1) is 15.8. The molecule has 0 N–H and O–H groups in total. The van der Waals surface area contributed by atoms with Crippen LogP contribution in [0.2, 0.25) is 0 Å². The molecule has 0 unspecified atom stereocenters. The highest BCUT2D eigenvalue weighted by Gasteiger charge is 2.37. The summed E-state index contributed by atoms with van der Waals surface area (Å²) in [5.74, 6) is 0.582. The van der Waals surface area contributed by atoms with Gasteiger partial charge < -0.3 is 14.4 Å². The number of nitrogens with zero attached hydrogens (tertiary/aromatic N) is 3. The summed E-state index contributed by atoms with van der Waals surface area (Å²) in [4.78, 5) is 23.0. The third-order valence-electron chi connectivity index (χ3n) is 7.17. The number of ether oxygens (including phenoxy) is 2. The Morgan fingerprint density at radius 1 is 0.971 bits per heavy atom. The number of piperidine rings is 1. The first-order valence-corrected chi connectivity index (χ1v) is 12.5. The smallest absolute Gasteiger partial charge is 0.410 e. The molecule has 2 aromatic rings. The number of carbonyl (C=O) groups excluding carboxylic acids is 1. The van der Waals surface area contributed by atoms with Crippen LogP contribution in [0.25, 0.3) is 11.3 Å². The van der Waals surface area contributed by atoms with Crippen LogP contribution in [-0.4, -0.2) is 45.8 Å². The molecule has 1 amide bonds. The zero-order valence-corrected chi connectivity index (χ0v) is 21.8. The van der Waals surface area contributed by atoms with Gasteiger partial charge in [-0.15, -0.1) is 0 Å². The number of hydrogen-bond donors (Lipinski definition) is 0. The fourth-order valence-electron chi connectivity index (χ4n) is 4.96. The van der Waals surface area contributed by atoms with E-state index in [4.69, 9.17) is 9.47 Å². The van der Waals surface area contributed by atoms with Gasteiger partial charge in [-0.2, -0.15) is 0 Å². The van der Waals surface area contributed by atoms with Crippen molar-refractivity contribution in [1.82, 2.24) is 14.9 Å². The Morgan fingerprint density at radius 3 is 2.26 bits per heavy atom. The van der Waals surface area contributed by atoms with Gasteiger partial charge in [0.1, 0.15) is 18.0 Å². The number of likely N-dealkylation sites (tertiary alicyclic amines) is 1. The molecule has 6 heteroatoms. The van der Waals surface area contributed by atoms with Crippen LogP contribution in [0.15, 0.2) is 30.6 Å². The highest BCUT2D eigenvalue weighted by atomic mass is 16.6. The first kappa shape index (κ1) is 24.5. The number of fused-ring (bicyclic) bond motifs is 1. The summed E-state index contributed by atoms with van der Waals surface area (Å²) in [5.41, 5.74) is 4.68. The number of hydrogen-bond acceptors (Lipinski definition) is 5. The molecular formula is C28H39N3O3. The maximum Gasteiger partial charge on any atom is 0.410 e. The van der Waals surface area contributed by atoms with Crippen LogP contribution in [0, 0.1) is 0 Å². The summed E-state index contributed by atoms with van der Waals surface area (Å²) >= 11 is 0. The van der Waals surface area contributed by atoms with Gasteiger partial charge in [-0.1, -0.05) is 39.8 Å². The zero-order chi connectivity index (χ0) is 24.7. The number of benzene rings is 1. The molecule has 1 fully saturated rings. The average molecular weight is 466 g/mol. The minimum atomic E-state index is -0.483. The van der Waals surface area contributed by atoms with Gasteiger partial charge in [-0.05, 0) is 61.6 Å². The van der Waals surface area contributed by atoms with Crippen molar-refractivity contribution in [3.63, 3.8) is 0 Å². The van der Waals surface area contributed by atoms with Crippen LogP contribution in [0.4, 0.5) is 4.79 Å². The molecule has 0 bridgehead atoms. The lowest BCUT2D eigenvalue weighted by Crippen LogP contribution is -2.44. The molecule has 1 aromatic heterocycles. The van der Waals surface area contributed by atoms with Crippen molar-refractivity contribution < 1.29 is 14.3 Å². The summed E-state index contributed by atoms with van der Waals surface area (Å²) in [6.45, 7) is 16.2. The van der Waals surface area contributed by atoms with Gasteiger partial charge in [0.05, 0.1) is 5.69 Å². The van der Waals surface area contributed by atoms with E-state index in [9.17, 15) is 4.79 Å². The quantitative estimate of drug-likeness (QED) is 0.534. The molecule has 1 aromatic carbocycles. The predicted molar refractivity (Wildman–Crippen MR) is 134 cm³/mol. The number of carbonyl (C=O) groups is 1. The van der Waals surface area contributed by atoms with E-state index < -0.39 is 5.60 Å². The van der Waals surface area contributed by atoms with Gasteiger partial charge in [0.2, 0.25) is 5.88 Å². The highest BCUT2D eigenvalue weighted by Crippen LogP contribution is 2.46. The van der Waals surface area contributed by atoms with E-state index in [0.717, 1.165) is 24.1 Å². The molecular weight excluding hydrogens is 426 g/mol. The van der Waals surface area contributed by atoms with Crippen LogP contribution in [-0.2, 0) is 15.6 Å². The van der Waals surface area contributed by atoms with Crippen LogP contribution in [0.1, 0.15) is 85.3 Å². The molecule has 0 radical (unpaired) electrons. The van der Waals surface area contributed by atoms with Gasteiger partial charge in [-0.3, -0.25) is 0 Å². The Bertz CT molecular complexity index is 1050. The lowest BCUT2D eigenvalue weighted by molar-refractivity contribution is 0.0123. The second kappa shape index (κ2) is 8.86. The van der Waals surface area contributed by atoms with Gasteiger partial charge in [-0.25, -0.2) is 14.8 Å². The van der Waals surface area contributed by atoms with Gasteiger partial charge in [0, 0.05) is 37.6 Å². The standard InChI is InChI=1S/C28H39N3O3/c1-26(2,3)34-25(32)31-14-10-20(11-15-31)33-24-17-23(29-18-30-24)19-8-9-21-22(16-19)28(6,7)13-12-27(21,4)5/h8-9,16-18,20H,10-15H2,1-7H3. The normalized spacial score (nSPS) is 19.9. The summed E-state index contributed by atoms with van der Waals surface area (Å²) in [6.07, 6.45) is 5.22. The minimum Gasteiger partial charge on any atom is -0.474 e. The fraction of sp³-hybridized carbons (Fsp3) is 0.607. The number of amides is 1. The Labute approximate surface area is 204 Å². The monoisotopic (exact) mass is 465 g/mol. The molecule has 2 heterocycles. The molecule has 2 aliphatic rings. The molecule has 1 aliphatic carbocycles. The Balaban J connectivity index is 1.45. The second-order valence-electron chi connectivity index (χ2n) is 12.1. The van der Waals surface area contributed by atoms with Gasteiger partial charge in [0.15, 0.2) is 0 Å². The third-order valence-corrected chi connectivity index (χ3v) is 7.17. The minimum absolute atomic E-state index is 0.0182. The van der Waals surface area contributed by atoms with Gasteiger partial charge in [0.25, 0.3) is 0 Å². The second-order valence-corrected chi connectivity index (χ2v) is 12.1. The van der Waals surface area contributed by atoms with E-state index >= 15 is 0 Å². The summed E-state index contributed by atoms with van der Waals surface area (Å²) in [6, 6.07) is 8.69. The van der Waals surface area contributed by atoms with Crippen LogP contribution >= 0.6 is 0 Å². The molecule has 34 heavy (non-hydrogen) atoms. The molecule has 1 saturated heterocycles. The first-order valence-electron chi connectivity index (χ1n) is 12.5. The van der Waals surface area contributed by atoms with E-state index in [0.29, 0.717) is 19.0 Å². The number of rotatable bonds is 3. The maximum absolute atomic E-state index is 12.3. The lowest BCUT2D eigenvalue weighted by atomic mass is 9.63. The van der Waals surface area contributed by atoms with Crippen molar-refractivity contribution >= 4 is 6.09 Å². The van der Waals surface area contributed by atoms with Crippen LogP contribution < -0.4 is 4.74 Å². The van der Waals surface area contributed by atoms with E-state index in [1.54, 1.807) is 11.2 Å². The SMILES string of the molecule is CC(C)(C)OC(=O)N1CCC(Oc2cc(-c3ccc4c(c3)C(C)(C)CCC4(C)C)ncn2)CC1. The van der Waals surface area contributed by atoms with Crippen LogP contribution in [0.3, 0.4) is 0 Å². The van der Waals surface area contributed by atoms with Gasteiger partial charge >= 0.3 is 6.09 Å². The molecule has 0 spiro atoms. The zero-order valence-electron chi connectivity index (χ0n) is 21.8. The molecule has 184 valence electrons. The Hall–Kier alpha value is -2.63. The lowest BCUT2D eigenvalue weighted by Gasteiger charge is -2.42. The Morgan fingerprint density at radius 2 is 1.62 bits per heavy atom. The van der Waals surface area contributed by atoms with Crippen molar-refractivity contribution in [3.8, 4) is 17.1 Å². The fourth-order valence-corrected chi connectivity index (χ4v) is 4.96. The van der Waals surface area contributed by atoms with Crippen molar-refractivity contribution in [1.29, 1.82) is 0 Å². The van der Waals surface area contributed by atoms with Crippen molar-refractivity contribution in [3.05, 3.63) is 41.7 Å².